The number of aromatic nitrogens is 5. The Morgan fingerprint density at radius 2 is 2.00 bits per heavy atom. The van der Waals surface area contributed by atoms with Crippen LogP contribution in [0.2, 0.25) is 0 Å². The van der Waals surface area contributed by atoms with Gasteiger partial charge in [-0.3, -0.25) is 29.2 Å². The summed E-state index contributed by atoms with van der Waals surface area (Å²) >= 11 is 0. The van der Waals surface area contributed by atoms with Crippen LogP contribution in [0.4, 0.5) is 0 Å². The van der Waals surface area contributed by atoms with Crippen LogP contribution in [-0.4, -0.2) is 55.2 Å². The first-order valence-corrected chi connectivity index (χ1v) is 10.9. The first-order valence-electron chi connectivity index (χ1n) is 10.9. The summed E-state index contributed by atoms with van der Waals surface area (Å²) in [4.78, 5) is 33.8. The van der Waals surface area contributed by atoms with Crippen molar-refractivity contribution in [3.63, 3.8) is 0 Å². The fourth-order valence-electron chi connectivity index (χ4n) is 4.13. The molecule has 5 heterocycles. The summed E-state index contributed by atoms with van der Waals surface area (Å²) < 4.78 is 1.77. The Bertz CT molecular complexity index is 1270. The van der Waals surface area contributed by atoms with E-state index in [9.17, 15) is 4.79 Å². The molecule has 0 aromatic carbocycles. The minimum atomic E-state index is -0.274. The minimum absolute atomic E-state index is 0.0647. The van der Waals surface area contributed by atoms with E-state index >= 15 is 0 Å². The van der Waals surface area contributed by atoms with E-state index in [1.165, 1.54) is 0 Å². The fraction of sp³-hybridized carbons (Fsp3) is 0.292. The highest BCUT2D eigenvalue weighted by atomic mass is 16.7. The van der Waals surface area contributed by atoms with E-state index in [1.54, 1.807) is 29.2 Å². The summed E-state index contributed by atoms with van der Waals surface area (Å²) in [5, 5.41) is 5.23. The molecule has 1 saturated heterocycles. The van der Waals surface area contributed by atoms with Crippen molar-refractivity contribution >= 4 is 16.8 Å². The molecule has 0 spiro atoms. The molecule has 2 atom stereocenters. The molecular formula is C24H25N7O2. The van der Waals surface area contributed by atoms with Crippen LogP contribution < -0.4 is 5.48 Å². The summed E-state index contributed by atoms with van der Waals surface area (Å²) in [7, 11) is 3.98. The van der Waals surface area contributed by atoms with Gasteiger partial charge < -0.3 is 0 Å². The van der Waals surface area contributed by atoms with Gasteiger partial charge in [0.1, 0.15) is 0 Å². The molecule has 33 heavy (non-hydrogen) atoms. The van der Waals surface area contributed by atoms with E-state index in [0.29, 0.717) is 12.0 Å². The van der Waals surface area contributed by atoms with Crippen molar-refractivity contribution in [2.45, 2.75) is 25.0 Å². The van der Waals surface area contributed by atoms with Crippen molar-refractivity contribution in [2.75, 3.05) is 13.6 Å². The zero-order valence-electron chi connectivity index (χ0n) is 18.5. The number of likely N-dealkylation sites (tertiary alicyclic amines) is 1. The lowest BCUT2D eigenvalue weighted by Gasteiger charge is -2.36. The number of nitrogens with zero attached hydrogens (tertiary/aromatic N) is 6. The molecule has 1 N–H and O–H groups in total. The number of hydroxylamine groups is 1. The molecule has 4 aromatic heterocycles. The number of amides is 1. The largest absolute Gasteiger partial charge is 0.298 e. The maximum Gasteiger partial charge on any atom is 0.274 e. The van der Waals surface area contributed by atoms with Gasteiger partial charge in [-0.25, -0.2) is 10.5 Å². The molecule has 2 unspecified atom stereocenters. The van der Waals surface area contributed by atoms with Crippen LogP contribution in [0.25, 0.3) is 22.2 Å². The Morgan fingerprint density at radius 1 is 1.15 bits per heavy atom. The second-order valence-electron chi connectivity index (χ2n) is 8.33. The Morgan fingerprint density at radius 3 is 2.79 bits per heavy atom. The number of piperidine rings is 1. The van der Waals surface area contributed by atoms with Gasteiger partial charge in [-0.1, -0.05) is 0 Å². The fourth-order valence-corrected chi connectivity index (χ4v) is 4.13. The maximum absolute atomic E-state index is 12.3. The quantitative estimate of drug-likeness (QED) is 0.474. The summed E-state index contributed by atoms with van der Waals surface area (Å²) in [6, 6.07) is 9.45. The number of hydrogen-bond donors (Lipinski definition) is 1. The van der Waals surface area contributed by atoms with Crippen LogP contribution in [-0.2, 0) is 11.9 Å². The van der Waals surface area contributed by atoms with Gasteiger partial charge in [0.15, 0.2) is 0 Å². The lowest BCUT2D eigenvalue weighted by molar-refractivity contribution is -0.0542. The Kier molecular flexibility index (Phi) is 5.80. The molecule has 168 valence electrons. The van der Waals surface area contributed by atoms with Crippen LogP contribution in [0, 0.1) is 0 Å². The third-order valence-electron chi connectivity index (χ3n) is 6.02. The summed E-state index contributed by atoms with van der Waals surface area (Å²) in [6.07, 6.45) is 10.2. The highest BCUT2D eigenvalue weighted by Gasteiger charge is 2.30. The molecule has 9 heteroatoms. The molecule has 5 rings (SSSR count). The van der Waals surface area contributed by atoms with E-state index in [0.717, 1.165) is 40.8 Å². The first-order chi connectivity index (χ1) is 16.1. The summed E-state index contributed by atoms with van der Waals surface area (Å²) in [5.74, 6) is -0.274. The number of hydrogen-bond acceptors (Lipinski definition) is 7. The van der Waals surface area contributed by atoms with Gasteiger partial charge >= 0.3 is 0 Å². The zero-order chi connectivity index (χ0) is 22.8. The molecule has 0 aliphatic carbocycles. The van der Waals surface area contributed by atoms with Gasteiger partial charge in [0, 0.05) is 54.9 Å². The van der Waals surface area contributed by atoms with Crippen LogP contribution >= 0.6 is 0 Å². The second-order valence-corrected chi connectivity index (χ2v) is 8.33. The topological polar surface area (TPSA) is 98.1 Å². The number of carbonyl (C=O) groups excluding carboxylic acids is 1. The number of carbonyl (C=O) groups is 1. The van der Waals surface area contributed by atoms with Gasteiger partial charge in [0.2, 0.25) is 0 Å². The van der Waals surface area contributed by atoms with E-state index in [4.69, 9.17) is 14.8 Å². The van der Waals surface area contributed by atoms with Crippen molar-refractivity contribution in [3.05, 3.63) is 72.6 Å². The predicted octanol–water partition coefficient (Wildman–Crippen LogP) is 2.92. The lowest BCUT2D eigenvalue weighted by atomic mass is 9.96. The van der Waals surface area contributed by atoms with Gasteiger partial charge in [-0.2, -0.15) is 5.10 Å². The molecule has 9 nitrogen and oxygen atoms in total. The molecule has 0 radical (unpaired) electrons. The molecule has 1 aliphatic rings. The predicted molar refractivity (Wildman–Crippen MR) is 123 cm³/mol. The number of pyridine rings is 3. The smallest absolute Gasteiger partial charge is 0.274 e. The highest BCUT2D eigenvalue weighted by Crippen LogP contribution is 2.31. The van der Waals surface area contributed by atoms with E-state index in [2.05, 4.69) is 27.5 Å². The minimum Gasteiger partial charge on any atom is -0.298 e. The average Bonchev–Trinajstić information content (AvgIpc) is 3.29. The first kappa shape index (κ1) is 21.2. The number of rotatable bonds is 5. The van der Waals surface area contributed by atoms with Crippen molar-refractivity contribution < 1.29 is 9.63 Å². The van der Waals surface area contributed by atoms with Crippen molar-refractivity contribution in [1.82, 2.24) is 35.1 Å². The van der Waals surface area contributed by atoms with Crippen LogP contribution in [0.1, 0.15) is 34.9 Å². The maximum atomic E-state index is 12.3. The van der Waals surface area contributed by atoms with E-state index in [1.807, 2.05) is 43.8 Å². The van der Waals surface area contributed by atoms with Crippen LogP contribution in [0.5, 0.6) is 0 Å². The second kappa shape index (κ2) is 9.05. The van der Waals surface area contributed by atoms with Gasteiger partial charge in [0.25, 0.3) is 5.91 Å². The van der Waals surface area contributed by atoms with Crippen molar-refractivity contribution in [3.8, 4) is 11.3 Å². The standard InChI is InChI=1S/C24H25N7O2/c1-30-10-7-19(33-29-24(32)16-5-8-25-9-6-16)11-23(30)22-12-21-17(13-26-22)3-4-20(28-21)18-14-27-31(2)15-18/h3-6,8-9,12-15,19,23H,7,10-11H2,1-2H3,(H,29,32). The molecule has 1 fully saturated rings. The Hall–Kier alpha value is -3.69. The van der Waals surface area contributed by atoms with Crippen molar-refractivity contribution in [1.29, 1.82) is 0 Å². The Labute approximate surface area is 191 Å². The molecule has 4 aromatic rings. The molecule has 1 amide bonds. The van der Waals surface area contributed by atoms with Gasteiger partial charge in [0.05, 0.1) is 35.2 Å². The SMILES string of the molecule is CN1CCC(ONC(=O)c2ccncc2)CC1c1cc2nc(-c3cnn(C)c3)ccc2cn1. The normalized spacial score (nSPS) is 19.0. The molecular weight excluding hydrogens is 418 g/mol. The lowest BCUT2D eigenvalue weighted by Crippen LogP contribution is -2.40. The van der Waals surface area contributed by atoms with E-state index in [-0.39, 0.29) is 18.1 Å². The molecule has 1 aliphatic heterocycles. The number of aryl methyl sites for hydroxylation is 1. The van der Waals surface area contributed by atoms with Gasteiger partial charge in [-0.05, 0) is 50.2 Å². The third-order valence-corrected chi connectivity index (χ3v) is 6.02. The Balaban J connectivity index is 1.32. The zero-order valence-corrected chi connectivity index (χ0v) is 18.5. The monoisotopic (exact) mass is 443 g/mol. The third kappa shape index (κ3) is 4.59. The number of fused-ring (bicyclic) bond motifs is 1. The van der Waals surface area contributed by atoms with E-state index < -0.39 is 0 Å². The molecule has 0 saturated carbocycles. The van der Waals surface area contributed by atoms with Crippen molar-refractivity contribution in [2.24, 2.45) is 7.05 Å². The highest BCUT2D eigenvalue weighted by molar-refractivity contribution is 5.93. The molecule has 0 bridgehead atoms. The summed E-state index contributed by atoms with van der Waals surface area (Å²) in [6.45, 7) is 0.837. The van der Waals surface area contributed by atoms with Gasteiger partial charge in [-0.15, -0.1) is 0 Å². The average molecular weight is 444 g/mol. The van der Waals surface area contributed by atoms with Crippen LogP contribution in [0.15, 0.2) is 61.3 Å². The number of nitrogens with one attached hydrogen (secondary N) is 1. The van der Waals surface area contributed by atoms with Crippen LogP contribution in [0.3, 0.4) is 0 Å². The summed E-state index contributed by atoms with van der Waals surface area (Å²) in [5.41, 5.74) is 6.79.